The van der Waals surface area contributed by atoms with E-state index in [-0.39, 0.29) is 6.54 Å². The molecule has 0 aliphatic rings. The summed E-state index contributed by atoms with van der Waals surface area (Å²) in [5.41, 5.74) is 1.46. The summed E-state index contributed by atoms with van der Waals surface area (Å²) in [6, 6.07) is 1.82. The zero-order chi connectivity index (χ0) is 11.5. The van der Waals surface area contributed by atoms with Crippen LogP contribution in [0.2, 0.25) is 0 Å². The van der Waals surface area contributed by atoms with Crippen LogP contribution in [0.5, 0.6) is 0 Å². The van der Waals surface area contributed by atoms with Crippen molar-refractivity contribution in [2.24, 2.45) is 0 Å². The summed E-state index contributed by atoms with van der Waals surface area (Å²) in [6.07, 6.45) is 3.27. The van der Waals surface area contributed by atoms with Gasteiger partial charge in [-0.25, -0.2) is 4.68 Å². The highest BCUT2D eigenvalue weighted by molar-refractivity contribution is 5.66. The van der Waals surface area contributed by atoms with E-state index >= 15 is 0 Å². The molecule has 0 radical (unpaired) electrons. The monoisotopic (exact) mass is 221 g/mol. The second-order valence-electron chi connectivity index (χ2n) is 3.23. The van der Waals surface area contributed by atoms with Crippen LogP contribution in [0.3, 0.4) is 0 Å². The second-order valence-corrected chi connectivity index (χ2v) is 3.23. The Balaban J connectivity index is 2.28. The summed E-state index contributed by atoms with van der Waals surface area (Å²) >= 11 is 0. The molecule has 7 nitrogen and oxygen atoms in total. The van der Waals surface area contributed by atoms with Crippen molar-refractivity contribution in [3.8, 4) is 11.4 Å². The van der Waals surface area contributed by atoms with Gasteiger partial charge >= 0.3 is 5.97 Å². The first kappa shape index (κ1) is 10.3. The van der Waals surface area contributed by atoms with Crippen LogP contribution in [0.15, 0.2) is 18.5 Å². The molecule has 0 aromatic carbocycles. The molecule has 2 heterocycles. The highest BCUT2D eigenvalue weighted by Gasteiger charge is 2.09. The molecule has 2 aromatic rings. The van der Waals surface area contributed by atoms with E-state index in [0.717, 1.165) is 12.2 Å². The third-order valence-corrected chi connectivity index (χ3v) is 2.11. The van der Waals surface area contributed by atoms with E-state index in [0.29, 0.717) is 5.69 Å². The molecular weight excluding hydrogens is 210 g/mol. The number of hydrogen-bond acceptors (Lipinski definition) is 4. The van der Waals surface area contributed by atoms with E-state index in [1.807, 2.05) is 13.0 Å². The van der Waals surface area contributed by atoms with E-state index in [1.165, 1.54) is 4.68 Å². The topological polar surface area (TPSA) is 85.8 Å². The lowest BCUT2D eigenvalue weighted by atomic mass is 10.3. The van der Waals surface area contributed by atoms with E-state index < -0.39 is 5.97 Å². The lowest BCUT2D eigenvalue weighted by Gasteiger charge is -1.99. The molecule has 16 heavy (non-hydrogen) atoms. The van der Waals surface area contributed by atoms with Gasteiger partial charge in [0.05, 0.1) is 11.9 Å². The average Bonchev–Trinajstić information content (AvgIpc) is 2.83. The first-order valence-electron chi connectivity index (χ1n) is 4.85. The lowest BCUT2D eigenvalue weighted by Crippen LogP contribution is -2.08. The van der Waals surface area contributed by atoms with Gasteiger partial charge in [-0.2, -0.15) is 5.10 Å². The molecule has 84 valence electrons. The number of aryl methyl sites for hydroxylation is 1. The number of hydrogen-bond donors (Lipinski definition) is 1. The second kappa shape index (κ2) is 4.13. The summed E-state index contributed by atoms with van der Waals surface area (Å²) in [5.74, 6) is -0.944. The number of carboxylic acid groups (broad SMARTS) is 1. The molecule has 2 rings (SSSR count). The molecule has 0 amide bonds. The quantitative estimate of drug-likeness (QED) is 0.799. The number of carbonyl (C=O) groups is 1. The van der Waals surface area contributed by atoms with Crippen LogP contribution in [0.4, 0.5) is 0 Å². The minimum absolute atomic E-state index is 0.187. The first-order valence-corrected chi connectivity index (χ1v) is 4.85. The van der Waals surface area contributed by atoms with Gasteiger partial charge in [0.1, 0.15) is 12.2 Å². The van der Waals surface area contributed by atoms with Gasteiger partial charge in [-0.15, -0.1) is 5.10 Å². The maximum absolute atomic E-state index is 10.5. The van der Waals surface area contributed by atoms with Crippen molar-refractivity contribution in [2.75, 3.05) is 0 Å². The van der Waals surface area contributed by atoms with Crippen LogP contribution in [-0.2, 0) is 17.9 Å². The normalized spacial score (nSPS) is 10.6. The molecule has 0 spiro atoms. The summed E-state index contributed by atoms with van der Waals surface area (Å²) in [6.45, 7) is 2.51. The molecule has 0 saturated carbocycles. The fraction of sp³-hybridized carbons (Fsp3) is 0.333. The summed E-state index contributed by atoms with van der Waals surface area (Å²) in [5, 5.41) is 20.3. The molecule has 0 bridgehead atoms. The highest BCUT2D eigenvalue weighted by Crippen LogP contribution is 2.14. The van der Waals surface area contributed by atoms with Crippen molar-refractivity contribution in [2.45, 2.75) is 20.0 Å². The summed E-state index contributed by atoms with van der Waals surface area (Å²) in [7, 11) is 0. The van der Waals surface area contributed by atoms with E-state index in [9.17, 15) is 4.79 Å². The predicted molar refractivity (Wildman–Crippen MR) is 54.6 cm³/mol. The van der Waals surface area contributed by atoms with Gasteiger partial charge in [-0.05, 0) is 13.0 Å². The Morgan fingerprint density at radius 2 is 2.38 bits per heavy atom. The van der Waals surface area contributed by atoms with Gasteiger partial charge in [0.15, 0.2) is 0 Å². The third kappa shape index (κ3) is 1.92. The Bertz CT molecular complexity index is 501. The van der Waals surface area contributed by atoms with Crippen LogP contribution < -0.4 is 0 Å². The van der Waals surface area contributed by atoms with Crippen LogP contribution in [0, 0.1) is 0 Å². The van der Waals surface area contributed by atoms with E-state index in [1.54, 1.807) is 17.1 Å². The Kier molecular flexibility index (Phi) is 2.67. The Morgan fingerprint density at radius 3 is 3.06 bits per heavy atom. The standard InChI is InChI=1S/C9H11N5O2/c1-2-14-8(3-4-10-14)7-5-13(12-11-7)6-9(15)16/h3-5H,2,6H2,1H3,(H,15,16). The maximum atomic E-state index is 10.5. The highest BCUT2D eigenvalue weighted by atomic mass is 16.4. The van der Waals surface area contributed by atoms with Crippen molar-refractivity contribution in [3.63, 3.8) is 0 Å². The van der Waals surface area contributed by atoms with Gasteiger partial charge in [0.25, 0.3) is 0 Å². The minimum atomic E-state index is -0.944. The van der Waals surface area contributed by atoms with Crippen molar-refractivity contribution in [1.29, 1.82) is 0 Å². The average molecular weight is 221 g/mol. The smallest absolute Gasteiger partial charge is 0.325 e. The van der Waals surface area contributed by atoms with Gasteiger partial charge in [0.2, 0.25) is 0 Å². The van der Waals surface area contributed by atoms with Gasteiger partial charge < -0.3 is 5.11 Å². The van der Waals surface area contributed by atoms with Gasteiger partial charge in [0, 0.05) is 12.7 Å². The van der Waals surface area contributed by atoms with E-state index in [2.05, 4.69) is 15.4 Å². The van der Waals surface area contributed by atoms with Crippen molar-refractivity contribution in [1.82, 2.24) is 24.8 Å². The zero-order valence-electron chi connectivity index (χ0n) is 8.74. The fourth-order valence-corrected chi connectivity index (χ4v) is 1.43. The lowest BCUT2D eigenvalue weighted by molar-refractivity contribution is -0.137. The Morgan fingerprint density at radius 1 is 1.56 bits per heavy atom. The number of nitrogens with zero attached hydrogens (tertiary/aromatic N) is 5. The fourth-order valence-electron chi connectivity index (χ4n) is 1.43. The van der Waals surface area contributed by atoms with Crippen LogP contribution in [0.25, 0.3) is 11.4 Å². The summed E-state index contributed by atoms with van der Waals surface area (Å²) in [4.78, 5) is 10.5. The molecule has 7 heteroatoms. The molecule has 0 fully saturated rings. The molecule has 1 N–H and O–H groups in total. The maximum Gasteiger partial charge on any atom is 0.325 e. The largest absolute Gasteiger partial charge is 0.480 e. The molecule has 0 atom stereocenters. The van der Waals surface area contributed by atoms with Crippen LogP contribution in [-0.4, -0.2) is 35.9 Å². The molecule has 0 saturated heterocycles. The number of aliphatic carboxylic acids is 1. The van der Waals surface area contributed by atoms with Crippen molar-refractivity contribution >= 4 is 5.97 Å². The zero-order valence-corrected chi connectivity index (χ0v) is 8.74. The molecule has 2 aromatic heterocycles. The molecule has 0 aliphatic heterocycles. The number of carboxylic acids is 1. The SMILES string of the molecule is CCn1nccc1-c1cn(CC(=O)O)nn1. The third-order valence-electron chi connectivity index (χ3n) is 2.11. The van der Waals surface area contributed by atoms with Crippen molar-refractivity contribution < 1.29 is 9.90 Å². The van der Waals surface area contributed by atoms with Crippen LogP contribution >= 0.6 is 0 Å². The number of rotatable bonds is 4. The van der Waals surface area contributed by atoms with Gasteiger partial charge in [-0.1, -0.05) is 5.21 Å². The van der Waals surface area contributed by atoms with Crippen LogP contribution in [0.1, 0.15) is 6.92 Å². The molecular formula is C9H11N5O2. The Hall–Kier alpha value is -2.18. The van der Waals surface area contributed by atoms with Crippen molar-refractivity contribution in [3.05, 3.63) is 18.5 Å². The minimum Gasteiger partial charge on any atom is -0.480 e. The Labute approximate surface area is 91.3 Å². The number of aromatic nitrogens is 5. The summed E-state index contributed by atoms with van der Waals surface area (Å²) < 4.78 is 3.06. The van der Waals surface area contributed by atoms with E-state index in [4.69, 9.17) is 5.11 Å². The first-order chi connectivity index (χ1) is 7.70. The molecule has 0 unspecified atom stereocenters. The molecule has 0 aliphatic carbocycles. The van der Waals surface area contributed by atoms with Gasteiger partial charge in [-0.3, -0.25) is 9.48 Å². The predicted octanol–water partition coefficient (Wildman–Crippen LogP) is 0.246.